The summed E-state index contributed by atoms with van der Waals surface area (Å²) in [5.74, 6) is 0.0703. The zero-order valence-electron chi connectivity index (χ0n) is 14.4. The van der Waals surface area contributed by atoms with E-state index in [-0.39, 0.29) is 17.3 Å². The van der Waals surface area contributed by atoms with Crippen LogP contribution in [0, 0.1) is 11.3 Å². The lowest BCUT2D eigenvalue weighted by Gasteiger charge is -2.16. The Morgan fingerprint density at radius 2 is 1.44 bits per heavy atom. The Morgan fingerprint density at radius 1 is 0.852 bits per heavy atom. The number of hydrogen-bond donors (Lipinski definition) is 0. The summed E-state index contributed by atoms with van der Waals surface area (Å²) in [5, 5.41) is 9.52. The molecule has 3 aromatic rings. The van der Waals surface area contributed by atoms with Crippen molar-refractivity contribution in [1.82, 2.24) is 0 Å². The van der Waals surface area contributed by atoms with Gasteiger partial charge in [0.15, 0.2) is 6.10 Å². The Labute approximate surface area is 158 Å². The van der Waals surface area contributed by atoms with Gasteiger partial charge in [-0.05, 0) is 23.8 Å². The number of nitriles is 1. The lowest BCUT2D eigenvalue weighted by Crippen LogP contribution is -2.12. The van der Waals surface area contributed by atoms with Gasteiger partial charge in [0.25, 0.3) is 0 Å². The summed E-state index contributed by atoms with van der Waals surface area (Å²) in [6.07, 6.45) is -0.965. The highest BCUT2D eigenvalue weighted by molar-refractivity contribution is 7.87. The van der Waals surface area contributed by atoms with Gasteiger partial charge in [-0.2, -0.15) is 13.7 Å². The average Bonchev–Trinajstić information content (AvgIpc) is 2.71. The second-order valence-corrected chi connectivity index (χ2v) is 7.24. The van der Waals surface area contributed by atoms with Crippen molar-refractivity contribution in [3.63, 3.8) is 0 Å². The van der Waals surface area contributed by atoms with Crippen molar-refractivity contribution in [2.45, 2.75) is 17.6 Å². The van der Waals surface area contributed by atoms with Gasteiger partial charge in [-0.1, -0.05) is 66.7 Å². The molecule has 0 aliphatic heterocycles. The van der Waals surface area contributed by atoms with Crippen LogP contribution >= 0.6 is 0 Å². The highest BCUT2D eigenvalue weighted by Crippen LogP contribution is 2.30. The molecule has 0 N–H and O–H groups in total. The summed E-state index contributed by atoms with van der Waals surface area (Å²) in [6.45, 7) is 0.221. The molecule has 1 unspecified atom stereocenters. The minimum atomic E-state index is -4.01. The van der Waals surface area contributed by atoms with E-state index in [0.29, 0.717) is 5.56 Å². The molecule has 3 aromatic carbocycles. The topological polar surface area (TPSA) is 76.4 Å². The maximum atomic E-state index is 12.5. The largest absolute Gasteiger partial charge is 0.379 e. The highest BCUT2D eigenvalue weighted by Gasteiger charge is 2.22. The number of rotatable bonds is 7. The fraction of sp³-hybridized carbons (Fsp3) is 0.0952. The van der Waals surface area contributed by atoms with Gasteiger partial charge in [-0.3, -0.25) is 0 Å². The third-order valence-electron chi connectivity index (χ3n) is 3.81. The average molecular weight is 379 g/mol. The zero-order valence-corrected chi connectivity index (χ0v) is 15.2. The predicted molar refractivity (Wildman–Crippen MR) is 100 cm³/mol. The Kier molecular flexibility index (Phi) is 5.87. The van der Waals surface area contributed by atoms with Crippen LogP contribution in [0.5, 0.6) is 5.75 Å². The predicted octanol–water partition coefficient (Wildman–Crippen LogP) is 4.24. The molecule has 0 aliphatic rings. The summed E-state index contributed by atoms with van der Waals surface area (Å²) in [6, 6.07) is 25.8. The molecular formula is C21H17NO4S. The van der Waals surface area contributed by atoms with Gasteiger partial charge >= 0.3 is 10.1 Å². The van der Waals surface area contributed by atoms with Crippen molar-refractivity contribution in [1.29, 1.82) is 5.26 Å². The number of benzene rings is 3. The molecule has 136 valence electrons. The van der Waals surface area contributed by atoms with E-state index in [2.05, 4.69) is 6.07 Å². The molecule has 0 fully saturated rings. The van der Waals surface area contributed by atoms with Gasteiger partial charge in [0, 0.05) is 5.56 Å². The Morgan fingerprint density at radius 3 is 2.11 bits per heavy atom. The number of ether oxygens (including phenoxy) is 1. The monoisotopic (exact) mass is 379 g/mol. The molecule has 3 rings (SSSR count). The van der Waals surface area contributed by atoms with Gasteiger partial charge in [0.2, 0.25) is 0 Å². The first-order valence-corrected chi connectivity index (χ1v) is 9.64. The van der Waals surface area contributed by atoms with E-state index in [0.717, 1.165) is 5.56 Å². The molecule has 6 heteroatoms. The van der Waals surface area contributed by atoms with E-state index >= 15 is 0 Å². The zero-order chi connectivity index (χ0) is 19.1. The van der Waals surface area contributed by atoms with Gasteiger partial charge in [0.1, 0.15) is 10.6 Å². The minimum absolute atomic E-state index is 0.0403. The molecular weight excluding hydrogens is 362 g/mol. The minimum Gasteiger partial charge on any atom is -0.379 e. The third kappa shape index (κ3) is 4.73. The smallest absolute Gasteiger partial charge is 0.339 e. The van der Waals surface area contributed by atoms with Crippen molar-refractivity contribution < 1.29 is 17.3 Å². The maximum Gasteiger partial charge on any atom is 0.339 e. The van der Waals surface area contributed by atoms with Crippen LogP contribution in [0.4, 0.5) is 0 Å². The molecule has 0 bridgehead atoms. The van der Waals surface area contributed by atoms with Gasteiger partial charge in [0.05, 0.1) is 12.7 Å². The van der Waals surface area contributed by atoms with Gasteiger partial charge < -0.3 is 8.92 Å². The fourth-order valence-corrected chi connectivity index (χ4v) is 3.45. The molecule has 0 spiro atoms. The molecule has 0 aromatic heterocycles. The van der Waals surface area contributed by atoms with Crippen molar-refractivity contribution in [3.05, 3.63) is 96.1 Å². The lowest BCUT2D eigenvalue weighted by atomic mass is 10.1. The normalized spacial score (nSPS) is 12.1. The van der Waals surface area contributed by atoms with Gasteiger partial charge in [-0.25, -0.2) is 0 Å². The van der Waals surface area contributed by atoms with Crippen LogP contribution in [0.2, 0.25) is 0 Å². The second kappa shape index (κ2) is 8.49. The molecule has 5 nitrogen and oxygen atoms in total. The standard InChI is InChI=1S/C21H17NO4S/c22-15-21(25-16-17-9-3-1-4-10-17)19-13-7-8-14-20(19)26-27(23,24)18-11-5-2-6-12-18/h1-14,21H,16H2. The van der Waals surface area contributed by atoms with E-state index in [1.807, 2.05) is 30.3 Å². The van der Waals surface area contributed by atoms with Gasteiger partial charge in [-0.15, -0.1) is 0 Å². The highest BCUT2D eigenvalue weighted by atomic mass is 32.2. The summed E-state index contributed by atoms with van der Waals surface area (Å²) in [7, 11) is -4.01. The maximum absolute atomic E-state index is 12.5. The molecule has 0 radical (unpaired) electrons. The van der Waals surface area contributed by atoms with Crippen LogP contribution in [-0.4, -0.2) is 8.42 Å². The first-order chi connectivity index (χ1) is 13.1. The quantitative estimate of drug-likeness (QED) is 0.574. The molecule has 0 saturated heterocycles. The van der Waals surface area contributed by atoms with Crippen LogP contribution in [0.25, 0.3) is 0 Å². The van der Waals surface area contributed by atoms with E-state index in [1.165, 1.54) is 18.2 Å². The lowest BCUT2D eigenvalue weighted by molar-refractivity contribution is 0.0757. The fourth-order valence-electron chi connectivity index (χ4n) is 2.48. The number of para-hydroxylation sites is 1. The van der Waals surface area contributed by atoms with Crippen molar-refractivity contribution in [2.24, 2.45) is 0 Å². The number of hydrogen-bond acceptors (Lipinski definition) is 5. The summed E-state index contributed by atoms with van der Waals surface area (Å²) < 4.78 is 36.0. The summed E-state index contributed by atoms with van der Waals surface area (Å²) in [4.78, 5) is 0.0403. The third-order valence-corrected chi connectivity index (χ3v) is 5.06. The molecule has 0 heterocycles. The first-order valence-electron chi connectivity index (χ1n) is 8.24. The van der Waals surface area contributed by atoms with Crippen LogP contribution in [0.1, 0.15) is 17.2 Å². The Bertz CT molecular complexity index is 1030. The van der Waals surface area contributed by atoms with Crippen LogP contribution in [0.3, 0.4) is 0 Å². The Hall–Kier alpha value is -3.14. The van der Waals surface area contributed by atoms with Crippen molar-refractivity contribution in [3.8, 4) is 11.8 Å². The summed E-state index contributed by atoms with van der Waals surface area (Å²) >= 11 is 0. The van der Waals surface area contributed by atoms with E-state index in [4.69, 9.17) is 8.92 Å². The first kappa shape index (κ1) is 18.6. The second-order valence-electron chi connectivity index (χ2n) is 5.69. The van der Waals surface area contributed by atoms with E-state index in [9.17, 15) is 13.7 Å². The summed E-state index contributed by atoms with van der Waals surface area (Å²) in [5.41, 5.74) is 1.27. The van der Waals surface area contributed by atoms with Crippen molar-refractivity contribution >= 4 is 10.1 Å². The molecule has 0 saturated carbocycles. The van der Waals surface area contributed by atoms with E-state index < -0.39 is 16.2 Å². The number of nitrogens with zero attached hydrogens (tertiary/aromatic N) is 1. The molecule has 1 atom stereocenters. The SMILES string of the molecule is N#CC(OCc1ccccc1)c1ccccc1OS(=O)(=O)c1ccccc1. The molecule has 0 amide bonds. The van der Waals surface area contributed by atoms with Crippen LogP contribution < -0.4 is 4.18 Å². The molecule has 27 heavy (non-hydrogen) atoms. The molecule has 0 aliphatic carbocycles. The van der Waals surface area contributed by atoms with Crippen molar-refractivity contribution in [2.75, 3.05) is 0 Å². The van der Waals surface area contributed by atoms with Crippen LogP contribution in [0.15, 0.2) is 89.8 Å². The van der Waals surface area contributed by atoms with Crippen LogP contribution in [-0.2, 0) is 21.5 Å². The Balaban J connectivity index is 1.83. The van der Waals surface area contributed by atoms with E-state index in [1.54, 1.807) is 36.4 Å².